The summed E-state index contributed by atoms with van der Waals surface area (Å²) in [4.78, 5) is 13.6. The van der Waals surface area contributed by atoms with E-state index >= 15 is 0 Å². The first-order valence-corrected chi connectivity index (χ1v) is 8.96. The maximum absolute atomic E-state index is 12.6. The molecule has 2 aromatic carbocycles. The monoisotopic (exact) mass is 329 g/mol. The molecule has 3 nitrogen and oxygen atoms in total. The number of para-hydroxylation sites is 1. The number of anilines is 1. The highest BCUT2D eigenvalue weighted by molar-refractivity contribution is 7.98. The van der Waals surface area contributed by atoms with E-state index in [1.807, 2.05) is 69.5 Å². The Hall–Kier alpha value is -1.94. The van der Waals surface area contributed by atoms with Crippen LogP contribution in [0, 0.1) is 13.8 Å². The number of amides is 1. The van der Waals surface area contributed by atoms with Crippen LogP contribution in [0.5, 0.6) is 5.75 Å². The standard InChI is InChI=1S/C19H23NO2S/c1-5-16(22-17-11-8-9-13(2)14(17)3)19(21)20-15-10-6-7-12-18(15)23-4/h6-12,16H,5H2,1-4H3,(H,20,21). The first kappa shape index (κ1) is 17.4. The van der Waals surface area contributed by atoms with Crippen molar-refractivity contribution in [3.05, 3.63) is 53.6 Å². The molecule has 0 saturated heterocycles. The summed E-state index contributed by atoms with van der Waals surface area (Å²) in [5.74, 6) is 0.653. The van der Waals surface area contributed by atoms with E-state index in [1.165, 1.54) is 0 Å². The second-order valence-electron chi connectivity index (χ2n) is 5.40. The van der Waals surface area contributed by atoms with Gasteiger partial charge in [0.15, 0.2) is 6.10 Å². The van der Waals surface area contributed by atoms with Crippen molar-refractivity contribution in [3.63, 3.8) is 0 Å². The molecule has 0 fully saturated rings. The number of carbonyl (C=O) groups excluding carboxylic acids is 1. The fraction of sp³-hybridized carbons (Fsp3) is 0.316. The van der Waals surface area contributed by atoms with Crippen molar-refractivity contribution >= 4 is 23.4 Å². The molecule has 0 aliphatic heterocycles. The zero-order chi connectivity index (χ0) is 16.8. The number of benzene rings is 2. The fourth-order valence-corrected chi connectivity index (χ4v) is 2.84. The molecule has 1 amide bonds. The lowest BCUT2D eigenvalue weighted by atomic mass is 10.1. The van der Waals surface area contributed by atoms with E-state index in [9.17, 15) is 4.79 Å². The predicted octanol–water partition coefficient (Wildman–Crippen LogP) is 4.82. The van der Waals surface area contributed by atoms with Gasteiger partial charge >= 0.3 is 0 Å². The van der Waals surface area contributed by atoms with Gasteiger partial charge in [-0.25, -0.2) is 0 Å². The van der Waals surface area contributed by atoms with E-state index < -0.39 is 6.10 Å². The van der Waals surface area contributed by atoms with Crippen LogP contribution in [0.1, 0.15) is 24.5 Å². The van der Waals surface area contributed by atoms with E-state index in [0.717, 1.165) is 27.5 Å². The third kappa shape index (κ3) is 4.29. The Labute approximate surface area is 142 Å². The van der Waals surface area contributed by atoms with Crippen molar-refractivity contribution < 1.29 is 9.53 Å². The average Bonchev–Trinajstić information content (AvgIpc) is 2.56. The zero-order valence-electron chi connectivity index (χ0n) is 14.1. The van der Waals surface area contributed by atoms with Crippen LogP contribution >= 0.6 is 11.8 Å². The van der Waals surface area contributed by atoms with Crippen LogP contribution in [0.2, 0.25) is 0 Å². The Balaban J connectivity index is 2.14. The van der Waals surface area contributed by atoms with Crippen molar-refractivity contribution in [2.45, 2.75) is 38.2 Å². The van der Waals surface area contributed by atoms with Gasteiger partial charge in [0.2, 0.25) is 0 Å². The van der Waals surface area contributed by atoms with Gasteiger partial charge in [-0.1, -0.05) is 31.2 Å². The third-order valence-corrected chi connectivity index (χ3v) is 4.65. The first-order valence-electron chi connectivity index (χ1n) is 7.73. The summed E-state index contributed by atoms with van der Waals surface area (Å²) < 4.78 is 5.96. The summed E-state index contributed by atoms with van der Waals surface area (Å²) in [7, 11) is 0. The van der Waals surface area contributed by atoms with E-state index in [2.05, 4.69) is 5.32 Å². The van der Waals surface area contributed by atoms with Gasteiger partial charge in [-0.15, -0.1) is 11.8 Å². The lowest BCUT2D eigenvalue weighted by molar-refractivity contribution is -0.122. The molecule has 0 aliphatic rings. The number of carbonyl (C=O) groups is 1. The number of hydrogen-bond donors (Lipinski definition) is 1. The molecular formula is C19H23NO2S. The number of thioether (sulfide) groups is 1. The SMILES string of the molecule is CCC(Oc1cccc(C)c1C)C(=O)Nc1ccccc1SC. The van der Waals surface area contributed by atoms with Gasteiger partial charge in [0.05, 0.1) is 5.69 Å². The van der Waals surface area contributed by atoms with Crippen LogP contribution in [0.15, 0.2) is 47.4 Å². The lowest BCUT2D eigenvalue weighted by Gasteiger charge is -2.20. The molecule has 4 heteroatoms. The number of nitrogens with one attached hydrogen (secondary N) is 1. The predicted molar refractivity (Wildman–Crippen MR) is 97.5 cm³/mol. The summed E-state index contributed by atoms with van der Waals surface area (Å²) in [5.41, 5.74) is 3.06. The molecular weight excluding hydrogens is 306 g/mol. The molecule has 0 bridgehead atoms. The summed E-state index contributed by atoms with van der Waals surface area (Å²) in [6.45, 7) is 6.01. The van der Waals surface area contributed by atoms with Gasteiger partial charge in [-0.3, -0.25) is 4.79 Å². The summed E-state index contributed by atoms with van der Waals surface area (Å²) in [5, 5.41) is 2.98. The van der Waals surface area contributed by atoms with E-state index in [1.54, 1.807) is 11.8 Å². The van der Waals surface area contributed by atoms with Crippen LogP contribution in [-0.2, 0) is 4.79 Å². The van der Waals surface area contributed by atoms with Crippen molar-refractivity contribution in [2.24, 2.45) is 0 Å². The minimum Gasteiger partial charge on any atom is -0.480 e. The molecule has 1 atom stereocenters. The molecule has 1 N–H and O–H groups in total. The number of aryl methyl sites for hydroxylation is 1. The zero-order valence-corrected chi connectivity index (χ0v) is 14.9. The molecule has 0 aliphatic carbocycles. The molecule has 2 rings (SSSR count). The minimum atomic E-state index is -0.509. The van der Waals surface area contributed by atoms with E-state index in [-0.39, 0.29) is 5.91 Å². The Morgan fingerprint density at radius 3 is 2.61 bits per heavy atom. The lowest BCUT2D eigenvalue weighted by Crippen LogP contribution is -2.32. The summed E-state index contributed by atoms with van der Waals surface area (Å²) >= 11 is 1.61. The maximum Gasteiger partial charge on any atom is 0.265 e. The number of ether oxygens (including phenoxy) is 1. The second-order valence-corrected chi connectivity index (χ2v) is 6.25. The van der Waals surface area contributed by atoms with Crippen LogP contribution in [-0.4, -0.2) is 18.3 Å². The van der Waals surface area contributed by atoms with Crippen molar-refractivity contribution in [1.82, 2.24) is 0 Å². The van der Waals surface area contributed by atoms with Crippen molar-refractivity contribution in [3.8, 4) is 5.75 Å². The molecule has 0 aromatic heterocycles. The van der Waals surface area contributed by atoms with Gasteiger partial charge in [-0.05, 0) is 55.9 Å². The van der Waals surface area contributed by atoms with Crippen LogP contribution in [0.3, 0.4) is 0 Å². The van der Waals surface area contributed by atoms with Gasteiger partial charge in [0.1, 0.15) is 5.75 Å². The average molecular weight is 329 g/mol. The van der Waals surface area contributed by atoms with E-state index in [0.29, 0.717) is 6.42 Å². The second kappa shape index (κ2) is 8.06. The van der Waals surface area contributed by atoms with Crippen molar-refractivity contribution in [1.29, 1.82) is 0 Å². The molecule has 0 radical (unpaired) electrons. The maximum atomic E-state index is 12.6. The van der Waals surface area contributed by atoms with Crippen LogP contribution in [0.25, 0.3) is 0 Å². The molecule has 0 spiro atoms. The normalized spacial score (nSPS) is 11.8. The minimum absolute atomic E-state index is 0.116. The first-order chi connectivity index (χ1) is 11.1. The largest absolute Gasteiger partial charge is 0.480 e. The van der Waals surface area contributed by atoms with Crippen LogP contribution < -0.4 is 10.1 Å². The molecule has 2 aromatic rings. The number of rotatable bonds is 6. The Bertz CT molecular complexity index is 685. The highest BCUT2D eigenvalue weighted by Gasteiger charge is 2.20. The molecule has 0 heterocycles. The van der Waals surface area contributed by atoms with Gasteiger partial charge in [0, 0.05) is 4.90 Å². The number of hydrogen-bond acceptors (Lipinski definition) is 3. The Morgan fingerprint density at radius 1 is 1.17 bits per heavy atom. The molecule has 23 heavy (non-hydrogen) atoms. The highest BCUT2D eigenvalue weighted by Crippen LogP contribution is 2.26. The van der Waals surface area contributed by atoms with Crippen LogP contribution in [0.4, 0.5) is 5.69 Å². The summed E-state index contributed by atoms with van der Waals surface area (Å²) in [6, 6.07) is 13.7. The quantitative estimate of drug-likeness (QED) is 0.772. The van der Waals surface area contributed by atoms with Gasteiger partial charge in [-0.2, -0.15) is 0 Å². The molecule has 122 valence electrons. The Kier molecular flexibility index (Phi) is 6.11. The fourth-order valence-electron chi connectivity index (χ4n) is 2.29. The highest BCUT2D eigenvalue weighted by atomic mass is 32.2. The van der Waals surface area contributed by atoms with Gasteiger partial charge < -0.3 is 10.1 Å². The van der Waals surface area contributed by atoms with E-state index in [4.69, 9.17) is 4.74 Å². The molecule has 0 saturated carbocycles. The summed E-state index contributed by atoms with van der Waals surface area (Å²) in [6.07, 6.45) is 2.10. The Morgan fingerprint density at radius 2 is 1.91 bits per heavy atom. The third-order valence-electron chi connectivity index (χ3n) is 3.85. The smallest absolute Gasteiger partial charge is 0.265 e. The van der Waals surface area contributed by atoms with Crippen molar-refractivity contribution in [2.75, 3.05) is 11.6 Å². The van der Waals surface area contributed by atoms with Gasteiger partial charge in [0.25, 0.3) is 5.91 Å². The molecule has 1 unspecified atom stereocenters. The topological polar surface area (TPSA) is 38.3 Å².